The van der Waals surface area contributed by atoms with Crippen LogP contribution in [0.15, 0.2) is 19.2 Å². The number of aliphatic hydroxyl groups is 1. The number of nitrogens with zero attached hydrogens (tertiary/aromatic N) is 8. The quantitative estimate of drug-likeness (QED) is 0.0937. The third-order valence-electron chi connectivity index (χ3n) is 8.12. The molecule has 0 amide bonds. The number of carboxylic acid groups (broad SMARTS) is 3. The fraction of sp³-hybridized carbons (Fsp3) is 0.429. The average molecular weight is 751 g/mol. The van der Waals surface area contributed by atoms with Gasteiger partial charge in [-0.05, 0) is 0 Å². The number of fused-ring (bicyclic) bond motifs is 2. The van der Waals surface area contributed by atoms with Crippen LogP contribution >= 0.6 is 0 Å². The van der Waals surface area contributed by atoms with Crippen molar-refractivity contribution in [2.45, 2.75) is 36.9 Å². The van der Waals surface area contributed by atoms with Gasteiger partial charge in [0.15, 0.2) is 27.9 Å². The fourth-order valence-electron chi connectivity index (χ4n) is 5.21. The van der Waals surface area contributed by atoms with E-state index >= 15 is 0 Å². The molecule has 2 unspecified atom stereocenters. The summed E-state index contributed by atoms with van der Waals surface area (Å²) in [5, 5.41) is 39.9. The number of ether oxygens (including phenoxy) is 3. The highest BCUT2D eigenvalue weighted by atomic mass is 16.6. The van der Waals surface area contributed by atoms with Gasteiger partial charge < -0.3 is 34.6 Å². The number of carboxylic acids is 3. The van der Waals surface area contributed by atoms with E-state index in [1.165, 1.54) is 35.2 Å². The SMILES string of the molecule is Cn1c(=O)c2c(nc(OC(=O)CC(O)(CC(=O)OC(CC(=O)O)(CC(=O)Oc3nc4c(c(=O)n(C)c(=O)n4C)n3C)C(=O)O)C(=O)O)n2C)n(C)c1=O. The maximum Gasteiger partial charge on any atom is 0.349 e. The lowest BCUT2D eigenvalue weighted by atomic mass is 9.93. The highest BCUT2D eigenvalue weighted by Crippen LogP contribution is 2.28. The number of carbonyl (C=O) groups excluding carboxylic acids is 3. The molecule has 0 fully saturated rings. The molecule has 0 saturated carbocycles. The highest BCUT2D eigenvalue weighted by Gasteiger charge is 2.50. The second kappa shape index (κ2) is 13.7. The van der Waals surface area contributed by atoms with Gasteiger partial charge in [-0.2, -0.15) is 9.97 Å². The molecule has 0 aromatic carbocycles. The molecule has 0 radical (unpaired) electrons. The van der Waals surface area contributed by atoms with E-state index in [-0.39, 0.29) is 22.3 Å². The Morgan fingerprint density at radius 3 is 1.34 bits per heavy atom. The van der Waals surface area contributed by atoms with Gasteiger partial charge >= 0.3 is 59.2 Å². The van der Waals surface area contributed by atoms with Crippen LogP contribution in [0.25, 0.3) is 22.3 Å². The smallest absolute Gasteiger partial charge is 0.349 e. The van der Waals surface area contributed by atoms with Gasteiger partial charge in [0.05, 0.1) is 25.7 Å². The van der Waals surface area contributed by atoms with Gasteiger partial charge in [-0.15, -0.1) is 0 Å². The predicted molar refractivity (Wildman–Crippen MR) is 169 cm³/mol. The summed E-state index contributed by atoms with van der Waals surface area (Å²) in [5.41, 5.74) is -10.9. The number of aromatic nitrogens is 8. The first-order valence-electron chi connectivity index (χ1n) is 14.7. The van der Waals surface area contributed by atoms with E-state index in [0.717, 1.165) is 34.5 Å². The molecule has 0 bridgehead atoms. The minimum Gasteiger partial charge on any atom is -0.481 e. The Labute approximate surface area is 292 Å². The lowest BCUT2D eigenvalue weighted by molar-refractivity contribution is -0.191. The van der Waals surface area contributed by atoms with Crippen LogP contribution in [0.3, 0.4) is 0 Å². The number of esters is 3. The van der Waals surface area contributed by atoms with Crippen molar-refractivity contribution in [2.75, 3.05) is 0 Å². The lowest BCUT2D eigenvalue weighted by Crippen LogP contribution is -2.50. The van der Waals surface area contributed by atoms with Crippen molar-refractivity contribution in [1.29, 1.82) is 0 Å². The van der Waals surface area contributed by atoms with Crippen LogP contribution in [0, 0.1) is 0 Å². The van der Waals surface area contributed by atoms with Crippen molar-refractivity contribution in [1.82, 2.24) is 37.4 Å². The molecular weight excluding hydrogens is 720 g/mol. The first kappa shape index (κ1) is 38.9. The summed E-state index contributed by atoms with van der Waals surface area (Å²) in [7, 11) is 7.25. The molecule has 0 aliphatic rings. The summed E-state index contributed by atoms with van der Waals surface area (Å²) in [6, 6.07) is -1.29. The van der Waals surface area contributed by atoms with Crippen LogP contribution in [0.2, 0.25) is 0 Å². The van der Waals surface area contributed by atoms with Crippen molar-refractivity contribution in [2.24, 2.45) is 42.3 Å². The predicted octanol–water partition coefficient (Wildman–Crippen LogP) is -4.41. The number of aliphatic carboxylic acids is 3. The second-order valence-corrected chi connectivity index (χ2v) is 11.8. The van der Waals surface area contributed by atoms with E-state index in [2.05, 4.69) is 9.97 Å². The van der Waals surface area contributed by atoms with Crippen molar-refractivity contribution in [3.05, 3.63) is 41.7 Å². The van der Waals surface area contributed by atoms with Crippen molar-refractivity contribution in [3.8, 4) is 12.0 Å². The summed E-state index contributed by atoms with van der Waals surface area (Å²) < 4.78 is 20.1. The van der Waals surface area contributed by atoms with Crippen LogP contribution in [-0.2, 0) is 75.8 Å². The molecule has 0 aliphatic carbocycles. The zero-order chi connectivity index (χ0) is 40.1. The van der Waals surface area contributed by atoms with E-state index in [1.54, 1.807) is 0 Å². The van der Waals surface area contributed by atoms with E-state index in [1.807, 2.05) is 0 Å². The molecule has 284 valence electrons. The highest BCUT2D eigenvalue weighted by molar-refractivity contribution is 5.94. The van der Waals surface area contributed by atoms with Crippen LogP contribution < -0.4 is 32.0 Å². The number of hydrogen-bond donors (Lipinski definition) is 4. The summed E-state index contributed by atoms with van der Waals surface area (Å²) in [6.45, 7) is 0. The summed E-state index contributed by atoms with van der Waals surface area (Å²) in [4.78, 5) is 132. The van der Waals surface area contributed by atoms with Crippen LogP contribution in [0.1, 0.15) is 25.7 Å². The molecule has 4 aromatic heterocycles. The molecule has 53 heavy (non-hydrogen) atoms. The first-order valence-corrected chi connectivity index (χ1v) is 14.7. The number of aryl methyl sites for hydroxylation is 4. The van der Waals surface area contributed by atoms with Crippen LogP contribution in [0.5, 0.6) is 12.0 Å². The first-order chi connectivity index (χ1) is 24.5. The molecule has 4 heterocycles. The Balaban J connectivity index is 1.58. The second-order valence-electron chi connectivity index (χ2n) is 11.8. The summed E-state index contributed by atoms with van der Waals surface area (Å²) in [6.07, 6.45) is -6.40. The van der Waals surface area contributed by atoms with E-state index in [9.17, 15) is 68.4 Å². The minimum atomic E-state index is -3.40. The van der Waals surface area contributed by atoms with Crippen molar-refractivity contribution < 1.29 is 63.4 Å². The van der Waals surface area contributed by atoms with E-state index < -0.39 is 107 Å². The molecule has 0 aliphatic heterocycles. The van der Waals surface area contributed by atoms with Gasteiger partial charge in [0.25, 0.3) is 11.1 Å². The van der Waals surface area contributed by atoms with Crippen LogP contribution in [0.4, 0.5) is 0 Å². The largest absolute Gasteiger partial charge is 0.481 e. The van der Waals surface area contributed by atoms with E-state index in [0.29, 0.717) is 0 Å². The molecule has 4 aromatic rings. The number of rotatable bonds is 13. The molecule has 2 atom stereocenters. The van der Waals surface area contributed by atoms with Gasteiger partial charge in [0, 0.05) is 42.3 Å². The maximum absolute atomic E-state index is 13.0. The summed E-state index contributed by atoms with van der Waals surface area (Å²) >= 11 is 0. The lowest BCUT2D eigenvalue weighted by Gasteiger charge is -2.28. The maximum atomic E-state index is 13.0. The topological polar surface area (TPSA) is 335 Å². The number of carbonyl (C=O) groups is 6. The Morgan fingerprint density at radius 1 is 0.566 bits per heavy atom. The Morgan fingerprint density at radius 2 is 0.962 bits per heavy atom. The Kier molecular flexibility index (Phi) is 10.0. The fourth-order valence-corrected chi connectivity index (χ4v) is 5.21. The van der Waals surface area contributed by atoms with Gasteiger partial charge in [-0.1, -0.05) is 0 Å². The summed E-state index contributed by atoms with van der Waals surface area (Å²) in [5.74, 6) is -11.5. The van der Waals surface area contributed by atoms with Crippen molar-refractivity contribution in [3.63, 3.8) is 0 Å². The van der Waals surface area contributed by atoms with Gasteiger partial charge in [-0.3, -0.25) is 56.2 Å². The molecule has 0 spiro atoms. The molecule has 4 rings (SSSR count). The average Bonchev–Trinajstić information content (AvgIpc) is 3.55. The number of hydrogen-bond acceptors (Lipinski definition) is 16. The molecule has 25 nitrogen and oxygen atoms in total. The third kappa shape index (κ3) is 6.90. The number of imidazole rings is 2. The molecular formula is C28H30N8O17. The van der Waals surface area contributed by atoms with Crippen LogP contribution in [-0.4, -0.2) is 105 Å². The van der Waals surface area contributed by atoms with Gasteiger partial charge in [-0.25, -0.2) is 19.2 Å². The van der Waals surface area contributed by atoms with Crippen molar-refractivity contribution >= 4 is 58.1 Å². The molecule has 25 heteroatoms. The van der Waals surface area contributed by atoms with Gasteiger partial charge in [0.1, 0.15) is 0 Å². The Hall–Kier alpha value is -6.92. The normalized spacial score (nSPS) is 13.6. The Bertz CT molecular complexity index is 2510. The van der Waals surface area contributed by atoms with Gasteiger partial charge in [0.2, 0.25) is 5.60 Å². The third-order valence-corrected chi connectivity index (χ3v) is 8.12. The molecule has 0 saturated heterocycles. The minimum absolute atomic E-state index is 0.206. The zero-order valence-corrected chi connectivity index (χ0v) is 28.5. The standard InChI is InChI=1S/C28H30N8O17/c1-31-15-17(33(3)25(48)35(5)19(15)42)29-23(31)51-12(39)8-27(50,21(44)45)9-14(41)53-28(22(46)47,7-11(37)38)10-13(40)52-24-30-18-16(32(24)2)20(43)36(6)26(49)34(18)4/h50H,7-10H2,1-6H3,(H,37,38)(H,44,45)(H,46,47). The monoisotopic (exact) mass is 750 g/mol. The van der Waals surface area contributed by atoms with E-state index in [4.69, 9.17) is 14.2 Å². The molecule has 4 N–H and O–H groups in total. The zero-order valence-electron chi connectivity index (χ0n) is 28.5.